The van der Waals surface area contributed by atoms with Crippen molar-refractivity contribution in [1.29, 1.82) is 0 Å². The third kappa shape index (κ3) is 2.40. The minimum Gasteiger partial charge on any atom is -0.331 e. The molecule has 0 bridgehead atoms. The SMILES string of the molecule is Cc1cnc2n1CC(NS(=O)(=O)c1c3c(nn1C)CCC3)CC2. The van der Waals surface area contributed by atoms with Crippen molar-refractivity contribution in [2.75, 3.05) is 0 Å². The molecule has 4 rings (SSSR count). The fraction of sp³-hybridized carbons (Fsp3) is 0.600. The van der Waals surface area contributed by atoms with E-state index in [-0.39, 0.29) is 6.04 Å². The van der Waals surface area contributed by atoms with Crippen molar-refractivity contribution >= 4 is 10.0 Å². The minimum atomic E-state index is -3.55. The van der Waals surface area contributed by atoms with Crippen molar-refractivity contribution in [3.8, 4) is 0 Å². The van der Waals surface area contributed by atoms with Gasteiger partial charge < -0.3 is 4.57 Å². The Hall–Kier alpha value is -1.67. The van der Waals surface area contributed by atoms with Crippen LogP contribution in [0.4, 0.5) is 0 Å². The fourth-order valence-electron chi connectivity index (χ4n) is 3.77. The molecule has 0 radical (unpaired) electrons. The summed E-state index contributed by atoms with van der Waals surface area (Å²) in [6.45, 7) is 2.64. The van der Waals surface area contributed by atoms with Crippen LogP contribution in [0.25, 0.3) is 0 Å². The summed E-state index contributed by atoms with van der Waals surface area (Å²) in [5.74, 6) is 1.04. The third-order valence-corrected chi connectivity index (χ3v) is 6.51. The summed E-state index contributed by atoms with van der Waals surface area (Å²) in [6.07, 6.45) is 6.08. The summed E-state index contributed by atoms with van der Waals surface area (Å²) < 4.78 is 32.3. The molecule has 0 spiro atoms. The number of fused-ring (bicyclic) bond motifs is 2. The van der Waals surface area contributed by atoms with E-state index in [1.165, 1.54) is 4.68 Å². The van der Waals surface area contributed by atoms with Crippen molar-refractivity contribution in [1.82, 2.24) is 24.1 Å². The van der Waals surface area contributed by atoms with Crippen molar-refractivity contribution in [3.05, 3.63) is 29.0 Å². The molecule has 0 saturated heterocycles. The molecule has 2 aliphatic rings. The van der Waals surface area contributed by atoms with E-state index >= 15 is 0 Å². The first-order valence-corrected chi connectivity index (χ1v) is 9.52. The highest BCUT2D eigenvalue weighted by atomic mass is 32.2. The number of hydrogen-bond acceptors (Lipinski definition) is 4. The number of hydrogen-bond donors (Lipinski definition) is 1. The zero-order valence-corrected chi connectivity index (χ0v) is 14.2. The van der Waals surface area contributed by atoms with Crippen molar-refractivity contribution in [2.45, 2.75) is 56.6 Å². The van der Waals surface area contributed by atoms with Crippen molar-refractivity contribution in [3.63, 3.8) is 0 Å². The van der Waals surface area contributed by atoms with Gasteiger partial charge in [-0.3, -0.25) is 4.68 Å². The average Bonchev–Trinajstić information content (AvgIpc) is 3.13. The quantitative estimate of drug-likeness (QED) is 0.895. The van der Waals surface area contributed by atoms with Crippen LogP contribution in [0.5, 0.6) is 0 Å². The number of nitrogens with one attached hydrogen (secondary N) is 1. The molecule has 0 fully saturated rings. The Balaban J connectivity index is 1.61. The summed E-state index contributed by atoms with van der Waals surface area (Å²) in [5, 5.41) is 4.72. The van der Waals surface area contributed by atoms with Crippen LogP contribution in [0.3, 0.4) is 0 Å². The first-order valence-electron chi connectivity index (χ1n) is 8.04. The van der Waals surface area contributed by atoms with Gasteiger partial charge in [-0.25, -0.2) is 18.1 Å². The number of imidazole rings is 1. The summed E-state index contributed by atoms with van der Waals surface area (Å²) in [7, 11) is -1.84. The van der Waals surface area contributed by atoms with Gasteiger partial charge in [0.1, 0.15) is 5.82 Å². The highest BCUT2D eigenvalue weighted by Gasteiger charge is 2.32. The molecule has 7 nitrogen and oxygen atoms in total. The second-order valence-electron chi connectivity index (χ2n) is 6.49. The average molecular weight is 335 g/mol. The van der Waals surface area contributed by atoms with E-state index in [9.17, 15) is 8.42 Å². The fourth-order valence-corrected chi connectivity index (χ4v) is 5.45. The maximum Gasteiger partial charge on any atom is 0.258 e. The number of sulfonamides is 1. The molecule has 1 aliphatic carbocycles. The summed E-state index contributed by atoms with van der Waals surface area (Å²) >= 11 is 0. The van der Waals surface area contributed by atoms with E-state index in [0.717, 1.165) is 54.9 Å². The van der Waals surface area contributed by atoms with Crippen LogP contribution >= 0.6 is 0 Å². The Bertz CT molecular complexity index is 865. The normalized spacial score (nSPS) is 20.5. The molecule has 23 heavy (non-hydrogen) atoms. The van der Waals surface area contributed by atoms with Crippen molar-refractivity contribution < 1.29 is 8.42 Å². The Kier molecular flexibility index (Phi) is 3.35. The molecule has 2 aromatic heterocycles. The molecular weight excluding hydrogens is 314 g/mol. The van der Waals surface area contributed by atoms with E-state index < -0.39 is 10.0 Å². The van der Waals surface area contributed by atoms with Gasteiger partial charge in [0.05, 0.1) is 5.69 Å². The van der Waals surface area contributed by atoms with E-state index in [1.807, 2.05) is 13.1 Å². The van der Waals surface area contributed by atoms with Gasteiger partial charge in [-0.05, 0) is 32.6 Å². The van der Waals surface area contributed by atoms with Crippen LogP contribution in [0.2, 0.25) is 0 Å². The maximum atomic E-state index is 12.9. The summed E-state index contributed by atoms with van der Waals surface area (Å²) in [6, 6.07) is -0.104. The molecule has 2 aromatic rings. The smallest absolute Gasteiger partial charge is 0.258 e. The highest BCUT2D eigenvalue weighted by Crippen LogP contribution is 2.28. The highest BCUT2D eigenvalue weighted by molar-refractivity contribution is 7.89. The molecule has 3 heterocycles. The lowest BCUT2D eigenvalue weighted by Crippen LogP contribution is -2.42. The molecular formula is C15H21N5O2S. The second-order valence-corrected chi connectivity index (χ2v) is 8.12. The van der Waals surface area contributed by atoms with Crippen LogP contribution < -0.4 is 4.72 Å². The van der Waals surface area contributed by atoms with Crippen LogP contribution in [0, 0.1) is 6.92 Å². The monoisotopic (exact) mass is 335 g/mol. The van der Waals surface area contributed by atoms with Gasteiger partial charge in [0, 0.05) is 43.5 Å². The lowest BCUT2D eigenvalue weighted by atomic mass is 10.1. The number of nitrogens with zero attached hydrogens (tertiary/aromatic N) is 4. The number of aryl methyl sites for hydroxylation is 4. The lowest BCUT2D eigenvalue weighted by molar-refractivity contribution is 0.414. The predicted molar refractivity (Wildman–Crippen MR) is 84.6 cm³/mol. The summed E-state index contributed by atoms with van der Waals surface area (Å²) in [4.78, 5) is 4.37. The van der Waals surface area contributed by atoms with E-state index in [4.69, 9.17) is 0 Å². The molecule has 1 aliphatic heterocycles. The van der Waals surface area contributed by atoms with Gasteiger partial charge in [0.15, 0.2) is 5.03 Å². The molecule has 1 N–H and O–H groups in total. The van der Waals surface area contributed by atoms with E-state index in [1.54, 1.807) is 7.05 Å². The van der Waals surface area contributed by atoms with Crippen LogP contribution in [0.1, 0.15) is 35.6 Å². The molecule has 8 heteroatoms. The molecule has 1 unspecified atom stereocenters. The lowest BCUT2D eigenvalue weighted by Gasteiger charge is -2.25. The Morgan fingerprint density at radius 1 is 1.30 bits per heavy atom. The van der Waals surface area contributed by atoms with Crippen LogP contribution in [-0.2, 0) is 42.9 Å². The van der Waals surface area contributed by atoms with Crippen LogP contribution in [-0.4, -0.2) is 33.8 Å². The number of aromatic nitrogens is 4. The first kappa shape index (κ1) is 14.9. The third-order valence-electron chi connectivity index (χ3n) is 4.84. The zero-order valence-electron chi connectivity index (χ0n) is 13.4. The largest absolute Gasteiger partial charge is 0.331 e. The standard InChI is InChI=1S/C15H21N5O2S/c1-10-8-16-14-7-6-11(9-20(10)14)18-23(21,22)15-12-4-3-5-13(12)17-19(15)2/h8,11,18H,3-7,9H2,1-2H3. The first-order chi connectivity index (χ1) is 11.0. The Labute approximate surface area is 135 Å². The molecule has 124 valence electrons. The molecule has 0 aromatic carbocycles. The Morgan fingerprint density at radius 2 is 2.13 bits per heavy atom. The zero-order chi connectivity index (χ0) is 16.2. The van der Waals surface area contributed by atoms with Gasteiger partial charge in [-0.1, -0.05) is 0 Å². The van der Waals surface area contributed by atoms with Gasteiger partial charge in [-0.2, -0.15) is 5.10 Å². The topological polar surface area (TPSA) is 81.8 Å². The van der Waals surface area contributed by atoms with Gasteiger partial charge >= 0.3 is 0 Å². The summed E-state index contributed by atoms with van der Waals surface area (Å²) in [5.41, 5.74) is 2.91. The maximum absolute atomic E-state index is 12.9. The second kappa shape index (κ2) is 5.17. The van der Waals surface area contributed by atoms with Gasteiger partial charge in [0.25, 0.3) is 10.0 Å². The van der Waals surface area contributed by atoms with Crippen LogP contribution in [0.15, 0.2) is 11.2 Å². The Morgan fingerprint density at radius 3 is 2.96 bits per heavy atom. The molecule has 0 saturated carbocycles. The van der Waals surface area contributed by atoms with Crippen molar-refractivity contribution in [2.24, 2.45) is 7.05 Å². The van der Waals surface area contributed by atoms with E-state index in [2.05, 4.69) is 19.4 Å². The van der Waals surface area contributed by atoms with Gasteiger partial charge in [0.2, 0.25) is 0 Å². The predicted octanol–water partition coefficient (Wildman–Crippen LogP) is 0.707. The molecule has 0 amide bonds. The van der Waals surface area contributed by atoms with Gasteiger partial charge in [-0.15, -0.1) is 0 Å². The molecule has 1 atom stereocenters. The van der Waals surface area contributed by atoms with E-state index in [0.29, 0.717) is 11.6 Å². The number of rotatable bonds is 3. The minimum absolute atomic E-state index is 0.104.